The Balaban J connectivity index is 1.90. The lowest BCUT2D eigenvalue weighted by Gasteiger charge is -2.11. The van der Waals surface area contributed by atoms with E-state index < -0.39 is 21.5 Å². The van der Waals surface area contributed by atoms with E-state index in [4.69, 9.17) is 9.52 Å². The molecule has 0 fully saturated rings. The largest absolute Gasteiger partial charge is 0.445 e. The molecule has 0 saturated carbocycles. The molecule has 148 valence electrons. The maximum atomic E-state index is 12.5. The second-order valence-corrected chi connectivity index (χ2v) is 8.02. The molecule has 0 aliphatic rings. The summed E-state index contributed by atoms with van der Waals surface area (Å²) in [4.78, 5) is 32.8. The van der Waals surface area contributed by atoms with E-state index in [-0.39, 0.29) is 40.5 Å². The van der Waals surface area contributed by atoms with E-state index in [1.165, 1.54) is 38.8 Å². The van der Waals surface area contributed by atoms with Crippen LogP contribution >= 0.6 is 0 Å². The summed E-state index contributed by atoms with van der Waals surface area (Å²) in [6.45, 7) is -0.236. The Labute approximate surface area is 159 Å². The summed E-state index contributed by atoms with van der Waals surface area (Å²) in [5.41, 5.74) is -0.334. The lowest BCUT2D eigenvalue weighted by molar-refractivity contribution is 0.102. The molecule has 11 nitrogen and oxygen atoms in total. The standard InChI is InChI=1S/C16H17N5O6S/c1-20(2)28(25,26)12-4-3-10(7-17-12)19-14(23)11-8-27-15-13(11)16(24)21(5-6-22)9-18-15/h3-4,7-9,22H,5-6H2,1-2H3,(H,19,23). The lowest BCUT2D eigenvalue weighted by Crippen LogP contribution is -2.24. The lowest BCUT2D eigenvalue weighted by atomic mass is 10.2. The molecule has 0 saturated heterocycles. The van der Waals surface area contributed by atoms with Crippen LogP contribution in [0.5, 0.6) is 0 Å². The monoisotopic (exact) mass is 407 g/mol. The van der Waals surface area contributed by atoms with Crippen molar-refractivity contribution in [3.63, 3.8) is 0 Å². The van der Waals surface area contributed by atoms with Gasteiger partial charge in [0.2, 0.25) is 5.71 Å². The number of rotatable bonds is 6. The third kappa shape index (κ3) is 3.52. The van der Waals surface area contributed by atoms with Crippen molar-refractivity contribution in [1.29, 1.82) is 0 Å². The van der Waals surface area contributed by atoms with Gasteiger partial charge in [0.05, 0.1) is 30.6 Å². The van der Waals surface area contributed by atoms with Crippen molar-refractivity contribution in [3.05, 3.63) is 46.8 Å². The first-order valence-electron chi connectivity index (χ1n) is 8.03. The van der Waals surface area contributed by atoms with Gasteiger partial charge in [-0.15, -0.1) is 0 Å². The van der Waals surface area contributed by atoms with Crippen LogP contribution in [0.15, 0.2) is 45.2 Å². The highest BCUT2D eigenvalue weighted by Gasteiger charge is 2.21. The van der Waals surface area contributed by atoms with Gasteiger partial charge < -0.3 is 14.8 Å². The van der Waals surface area contributed by atoms with E-state index in [9.17, 15) is 18.0 Å². The summed E-state index contributed by atoms with van der Waals surface area (Å²) in [5.74, 6) is -0.649. The number of sulfonamides is 1. The Morgan fingerprint density at radius 3 is 2.68 bits per heavy atom. The number of anilines is 1. The third-order valence-corrected chi connectivity index (χ3v) is 5.62. The predicted octanol–water partition coefficient (Wildman–Crippen LogP) is -0.121. The fourth-order valence-corrected chi connectivity index (χ4v) is 3.19. The Morgan fingerprint density at radius 1 is 1.32 bits per heavy atom. The van der Waals surface area contributed by atoms with Gasteiger partial charge in [-0.2, -0.15) is 0 Å². The average molecular weight is 407 g/mol. The molecule has 28 heavy (non-hydrogen) atoms. The maximum absolute atomic E-state index is 12.5. The van der Waals surface area contributed by atoms with E-state index in [0.29, 0.717) is 0 Å². The van der Waals surface area contributed by atoms with Gasteiger partial charge >= 0.3 is 0 Å². The number of aromatic nitrogens is 3. The van der Waals surface area contributed by atoms with Crippen molar-refractivity contribution in [2.75, 3.05) is 26.0 Å². The molecule has 0 unspecified atom stereocenters. The molecule has 0 aromatic carbocycles. The highest BCUT2D eigenvalue weighted by Crippen LogP contribution is 2.18. The zero-order valence-corrected chi connectivity index (χ0v) is 15.8. The minimum absolute atomic E-state index is 0.00473. The Morgan fingerprint density at radius 2 is 2.07 bits per heavy atom. The van der Waals surface area contributed by atoms with Crippen molar-refractivity contribution in [2.24, 2.45) is 0 Å². The number of aliphatic hydroxyl groups is 1. The molecule has 0 radical (unpaired) electrons. The molecule has 0 bridgehead atoms. The van der Waals surface area contributed by atoms with Gasteiger partial charge in [0.25, 0.3) is 21.5 Å². The number of fused-ring (bicyclic) bond motifs is 1. The number of aliphatic hydroxyl groups excluding tert-OH is 1. The van der Waals surface area contributed by atoms with Crippen molar-refractivity contribution >= 4 is 32.7 Å². The van der Waals surface area contributed by atoms with E-state index in [1.807, 2.05) is 0 Å². The predicted molar refractivity (Wildman–Crippen MR) is 98.4 cm³/mol. The quantitative estimate of drug-likeness (QED) is 0.575. The SMILES string of the molecule is CN(C)S(=O)(=O)c1ccc(NC(=O)c2coc3ncn(CCO)c(=O)c23)cn1. The molecule has 12 heteroatoms. The van der Waals surface area contributed by atoms with Crippen molar-refractivity contribution < 1.29 is 22.7 Å². The number of nitrogens with zero attached hydrogens (tertiary/aromatic N) is 4. The van der Waals surface area contributed by atoms with Crippen LogP contribution in [0, 0.1) is 0 Å². The fourth-order valence-electron chi connectivity index (χ4n) is 2.39. The first kappa shape index (κ1) is 19.7. The Kier molecular flexibility index (Phi) is 5.27. The van der Waals surface area contributed by atoms with Crippen molar-refractivity contribution in [3.8, 4) is 0 Å². The van der Waals surface area contributed by atoms with Gasteiger partial charge in [0.1, 0.15) is 18.0 Å². The number of amides is 1. The van der Waals surface area contributed by atoms with E-state index >= 15 is 0 Å². The summed E-state index contributed by atoms with van der Waals surface area (Å²) in [5, 5.41) is 11.4. The van der Waals surface area contributed by atoms with Crippen LogP contribution in [0.25, 0.3) is 11.1 Å². The van der Waals surface area contributed by atoms with Crippen LogP contribution in [-0.4, -0.2) is 59.0 Å². The summed E-state index contributed by atoms with van der Waals surface area (Å²) in [7, 11) is -0.922. The molecule has 1 amide bonds. The molecule has 0 spiro atoms. The van der Waals surface area contributed by atoms with Crippen LogP contribution in [0.3, 0.4) is 0 Å². The zero-order valence-electron chi connectivity index (χ0n) is 15.0. The average Bonchev–Trinajstić information content (AvgIpc) is 3.09. The Bertz CT molecular complexity index is 1180. The van der Waals surface area contributed by atoms with Crippen molar-refractivity contribution in [2.45, 2.75) is 11.6 Å². The fraction of sp³-hybridized carbons (Fsp3) is 0.250. The van der Waals surface area contributed by atoms with Crippen LogP contribution in [0.2, 0.25) is 0 Å². The molecule has 0 aliphatic heterocycles. The number of pyridine rings is 1. The Hall–Kier alpha value is -3.09. The van der Waals surface area contributed by atoms with Gasteiger partial charge in [-0.3, -0.25) is 14.2 Å². The molecule has 2 N–H and O–H groups in total. The number of hydrogen-bond acceptors (Lipinski definition) is 8. The number of nitrogens with one attached hydrogen (secondary N) is 1. The maximum Gasteiger partial charge on any atom is 0.265 e. The summed E-state index contributed by atoms with van der Waals surface area (Å²) >= 11 is 0. The summed E-state index contributed by atoms with van der Waals surface area (Å²) in [6, 6.07) is 2.64. The highest BCUT2D eigenvalue weighted by atomic mass is 32.2. The second-order valence-electron chi connectivity index (χ2n) is 5.92. The first-order valence-corrected chi connectivity index (χ1v) is 9.47. The summed E-state index contributed by atoms with van der Waals surface area (Å²) in [6.07, 6.45) is 3.52. The molecular formula is C16H17N5O6S. The molecule has 3 aromatic heterocycles. The van der Waals surface area contributed by atoms with E-state index in [2.05, 4.69) is 15.3 Å². The second kappa shape index (κ2) is 7.50. The van der Waals surface area contributed by atoms with Gasteiger partial charge in [0, 0.05) is 14.1 Å². The molecule has 0 atom stereocenters. The number of carbonyl (C=O) groups is 1. The normalized spacial score (nSPS) is 11.9. The minimum atomic E-state index is -3.69. The molecule has 3 rings (SSSR count). The van der Waals surface area contributed by atoms with E-state index in [0.717, 1.165) is 15.1 Å². The number of carbonyl (C=O) groups excluding carboxylic acids is 1. The smallest absolute Gasteiger partial charge is 0.265 e. The first-order chi connectivity index (χ1) is 13.3. The van der Waals surface area contributed by atoms with Crippen LogP contribution < -0.4 is 10.9 Å². The van der Waals surface area contributed by atoms with Gasteiger partial charge in [-0.25, -0.2) is 22.7 Å². The van der Waals surface area contributed by atoms with E-state index in [1.54, 1.807) is 0 Å². The topological polar surface area (TPSA) is 148 Å². The van der Waals surface area contributed by atoms with Gasteiger partial charge in [-0.1, -0.05) is 0 Å². The van der Waals surface area contributed by atoms with Crippen LogP contribution in [0.4, 0.5) is 5.69 Å². The van der Waals surface area contributed by atoms with Crippen LogP contribution in [-0.2, 0) is 16.6 Å². The summed E-state index contributed by atoms with van der Waals surface area (Å²) < 4.78 is 31.4. The zero-order chi connectivity index (χ0) is 20.5. The molecule has 0 aliphatic carbocycles. The van der Waals surface area contributed by atoms with Gasteiger partial charge in [-0.05, 0) is 12.1 Å². The number of hydrogen-bond donors (Lipinski definition) is 2. The van der Waals surface area contributed by atoms with Gasteiger partial charge in [0.15, 0.2) is 5.03 Å². The highest BCUT2D eigenvalue weighted by molar-refractivity contribution is 7.89. The number of furan rings is 1. The minimum Gasteiger partial charge on any atom is -0.445 e. The molecule has 3 heterocycles. The molecule has 3 aromatic rings. The third-order valence-electron chi connectivity index (χ3n) is 3.89. The van der Waals surface area contributed by atoms with Crippen LogP contribution in [0.1, 0.15) is 10.4 Å². The van der Waals surface area contributed by atoms with Crippen molar-refractivity contribution in [1.82, 2.24) is 18.8 Å². The molecular weight excluding hydrogens is 390 g/mol.